The van der Waals surface area contributed by atoms with Crippen LogP contribution in [0.3, 0.4) is 0 Å². The van der Waals surface area contributed by atoms with Crippen LogP contribution in [0.15, 0.2) is 54.6 Å². The van der Waals surface area contributed by atoms with Crippen LogP contribution in [0.25, 0.3) is 0 Å². The Labute approximate surface area is 168 Å². The van der Waals surface area contributed by atoms with Gasteiger partial charge in [-0.25, -0.2) is 0 Å². The predicted octanol–water partition coefficient (Wildman–Crippen LogP) is 4.43. The van der Waals surface area contributed by atoms with E-state index in [1.807, 2.05) is 0 Å². The number of halogens is 1. The first kappa shape index (κ1) is 20.7. The normalized spacial score (nSPS) is 16.0. The summed E-state index contributed by atoms with van der Waals surface area (Å²) < 4.78 is 0. The molecule has 3 nitrogen and oxygen atoms in total. The summed E-state index contributed by atoms with van der Waals surface area (Å²) in [4.78, 5) is 4.52. The van der Waals surface area contributed by atoms with E-state index < -0.39 is 0 Å². The van der Waals surface area contributed by atoms with E-state index in [9.17, 15) is 0 Å². The monoisotopic (exact) mass is 389 g/mol. The van der Waals surface area contributed by atoms with Crippen LogP contribution in [0.1, 0.15) is 30.0 Å². The maximum absolute atomic E-state index is 5.81. The first-order valence-electron chi connectivity index (χ1n) is 9.01. The van der Waals surface area contributed by atoms with E-state index in [-0.39, 0.29) is 12.4 Å². The number of rotatable bonds is 5. The highest BCUT2D eigenvalue weighted by Crippen LogP contribution is 2.38. The van der Waals surface area contributed by atoms with Gasteiger partial charge in [0.15, 0.2) is 5.11 Å². The number of nitrogens with one attached hydrogen (secondary N) is 1. The van der Waals surface area contributed by atoms with E-state index >= 15 is 0 Å². The van der Waals surface area contributed by atoms with E-state index in [0.29, 0.717) is 6.04 Å². The van der Waals surface area contributed by atoms with Crippen molar-refractivity contribution in [2.75, 3.05) is 32.1 Å². The van der Waals surface area contributed by atoms with Gasteiger partial charge in [0.2, 0.25) is 0 Å². The minimum atomic E-state index is 0. The van der Waals surface area contributed by atoms with Gasteiger partial charge < -0.3 is 15.1 Å². The molecule has 0 saturated heterocycles. The fourth-order valence-corrected chi connectivity index (χ4v) is 3.79. The standard InChI is InChI=1S/C21H27N3S.ClH/c1-23(2)16-8-15-22-21(25)24-19-12-7-6-11-18(19)13-14-20(24)17-9-4-3-5-10-17;/h3-7,9-12,20H,8,13-16H2,1-2H3,(H,22,25);1H. The highest BCUT2D eigenvalue weighted by Gasteiger charge is 2.29. The molecule has 2 aromatic carbocycles. The Morgan fingerprint density at radius 3 is 2.54 bits per heavy atom. The zero-order valence-corrected chi connectivity index (χ0v) is 17.2. The van der Waals surface area contributed by atoms with Gasteiger partial charge in [0.1, 0.15) is 0 Å². The van der Waals surface area contributed by atoms with Crippen LogP contribution in [-0.4, -0.2) is 37.2 Å². The van der Waals surface area contributed by atoms with Gasteiger partial charge in [-0.3, -0.25) is 0 Å². The van der Waals surface area contributed by atoms with Crippen LogP contribution in [0.4, 0.5) is 5.69 Å². The van der Waals surface area contributed by atoms with Crippen LogP contribution >= 0.6 is 24.6 Å². The summed E-state index contributed by atoms with van der Waals surface area (Å²) in [6.07, 6.45) is 3.26. The second-order valence-electron chi connectivity index (χ2n) is 6.85. The van der Waals surface area contributed by atoms with Crippen molar-refractivity contribution < 1.29 is 0 Å². The molecule has 140 valence electrons. The number of nitrogens with zero attached hydrogens (tertiary/aromatic N) is 2. The molecule has 1 N–H and O–H groups in total. The molecule has 0 spiro atoms. The molecule has 1 atom stereocenters. The molecule has 1 aliphatic heterocycles. The Morgan fingerprint density at radius 2 is 1.81 bits per heavy atom. The van der Waals surface area contributed by atoms with Gasteiger partial charge in [0, 0.05) is 12.2 Å². The van der Waals surface area contributed by atoms with Gasteiger partial charge in [-0.05, 0) is 69.3 Å². The third kappa shape index (κ3) is 4.97. The van der Waals surface area contributed by atoms with Crippen molar-refractivity contribution in [3.05, 3.63) is 65.7 Å². The van der Waals surface area contributed by atoms with Gasteiger partial charge in [-0.2, -0.15) is 0 Å². The van der Waals surface area contributed by atoms with E-state index in [2.05, 4.69) is 83.8 Å². The van der Waals surface area contributed by atoms with Gasteiger partial charge >= 0.3 is 0 Å². The molecule has 26 heavy (non-hydrogen) atoms. The highest BCUT2D eigenvalue weighted by molar-refractivity contribution is 7.80. The molecule has 1 aliphatic rings. The Balaban J connectivity index is 0.00000243. The average molecular weight is 390 g/mol. The van der Waals surface area contributed by atoms with Gasteiger partial charge in [0.25, 0.3) is 0 Å². The summed E-state index contributed by atoms with van der Waals surface area (Å²) in [6, 6.07) is 19.6. The number of para-hydroxylation sites is 1. The van der Waals surface area contributed by atoms with Crippen LogP contribution in [-0.2, 0) is 6.42 Å². The molecule has 0 fully saturated rings. The number of fused-ring (bicyclic) bond motifs is 1. The maximum atomic E-state index is 5.81. The lowest BCUT2D eigenvalue weighted by molar-refractivity contribution is 0.400. The topological polar surface area (TPSA) is 18.5 Å². The zero-order chi connectivity index (χ0) is 17.6. The number of hydrogen-bond acceptors (Lipinski definition) is 2. The third-order valence-electron chi connectivity index (χ3n) is 4.71. The molecule has 0 aliphatic carbocycles. The van der Waals surface area contributed by atoms with Gasteiger partial charge in [-0.15, -0.1) is 12.4 Å². The van der Waals surface area contributed by atoms with Crippen molar-refractivity contribution in [3.63, 3.8) is 0 Å². The Bertz CT molecular complexity index is 705. The first-order chi connectivity index (χ1) is 12.2. The van der Waals surface area contributed by atoms with Gasteiger partial charge in [-0.1, -0.05) is 48.5 Å². The molecular weight excluding hydrogens is 362 g/mol. The number of anilines is 1. The van der Waals surface area contributed by atoms with E-state index in [0.717, 1.165) is 37.5 Å². The number of benzene rings is 2. The van der Waals surface area contributed by atoms with Crippen molar-refractivity contribution in [2.24, 2.45) is 0 Å². The molecule has 0 bridgehead atoms. The third-order valence-corrected chi connectivity index (χ3v) is 5.05. The molecular formula is C21H28ClN3S. The van der Waals surface area contributed by atoms with Crippen LogP contribution in [0.5, 0.6) is 0 Å². The summed E-state index contributed by atoms with van der Waals surface area (Å²) in [5, 5.41) is 4.31. The quantitative estimate of drug-likeness (QED) is 0.602. The highest BCUT2D eigenvalue weighted by atomic mass is 35.5. The predicted molar refractivity (Wildman–Crippen MR) is 117 cm³/mol. The fraction of sp³-hybridized carbons (Fsp3) is 0.381. The van der Waals surface area contributed by atoms with Crippen molar-refractivity contribution in [1.29, 1.82) is 0 Å². The number of hydrogen-bond donors (Lipinski definition) is 1. The van der Waals surface area contributed by atoms with Crippen LogP contribution in [0.2, 0.25) is 0 Å². The lowest BCUT2D eigenvalue weighted by atomic mass is 9.91. The van der Waals surface area contributed by atoms with E-state index in [1.165, 1.54) is 16.8 Å². The zero-order valence-electron chi connectivity index (χ0n) is 15.5. The number of thiocarbonyl (C=S) groups is 1. The molecule has 1 unspecified atom stereocenters. The smallest absolute Gasteiger partial charge is 0.174 e. The largest absolute Gasteiger partial charge is 0.362 e. The summed E-state index contributed by atoms with van der Waals surface area (Å²) >= 11 is 5.81. The minimum absolute atomic E-state index is 0. The van der Waals surface area contributed by atoms with Crippen LogP contribution in [0, 0.1) is 0 Å². The summed E-state index contributed by atoms with van der Waals surface area (Å²) in [6.45, 7) is 1.96. The second-order valence-corrected chi connectivity index (χ2v) is 7.24. The lowest BCUT2D eigenvalue weighted by Crippen LogP contribution is -2.45. The van der Waals surface area contributed by atoms with E-state index in [1.54, 1.807) is 0 Å². The molecule has 3 rings (SSSR count). The Hall–Kier alpha value is -1.62. The minimum Gasteiger partial charge on any atom is -0.362 e. The lowest BCUT2D eigenvalue weighted by Gasteiger charge is -2.39. The summed E-state index contributed by atoms with van der Waals surface area (Å²) in [5.74, 6) is 0. The maximum Gasteiger partial charge on any atom is 0.174 e. The Morgan fingerprint density at radius 1 is 1.12 bits per heavy atom. The molecule has 1 heterocycles. The molecule has 5 heteroatoms. The molecule has 0 radical (unpaired) electrons. The van der Waals surface area contributed by atoms with Crippen molar-refractivity contribution in [3.8, 4) is 0 Å². The second kappa shape index (κ2) is 9.91. The first-order valence-corrected chi connectivity index (χ1v) is 9.42. The summed E-state index contributed by atoms with van der Waals surface area (Å²) in [5.41, 5.74) is 3.95. The molecule has 0 aromatic heterocycles. The molecule has 2 aromatic rings. The summed E-state index contributed by atoms with van der Waals surface area (Å²) in [7, 11) is 4.20. The van der Waals surface area contributed by atoms with Gasteiger partial charge in [0.05, 0.1) is 6.04 Å². The average Bonchev–Trinajstić information content (AvgIpc) is 2.64. The van der Waals surface area contributed by atoms with Crippen molar-refractivity contribution >= 4 is 35.4 Å². The SMILES string of the molecule is CN(C)CCCNC(=S)N1c2ccccc2CCC1c1ccccc1.Cl. The fourth-order valence-electron chi connectivity index (χ4n) is 3.46. The number of aryl methyl sites for hydroxylation is 1. The molecule has 0 saturated carbocycles. The van der Waals surface area contributed by atoms with Crippen molar-refractivity contribution in [1.82, 2.24) is 10.2 Å². The molecule has 0 amide bonds. The van der Waals surface area contributed by atoms with Crippen molar-refractivity contribution in [2.45, 2.75) is 25.3 Å². The van der Waals surface area contributed by atoms with Crippen LogP contribution < -0.4 is 10.2 Å². The Kier molecular flexibility index (Phi) is 7.88. The van der Waals surface area contributed by atoms with E-state index in [4.69, 9.17) is 12.2 Å².